The van der Waals surface area contributed by atoms with Gasteiger partial charge in [0.2, 0.25) is 0 Å². The molecule has 0 aliphatic carbocycles. The molecule has 1 atom stereocenters. The van der Waals surface area contributed by atoms with Gasteiger partial charge in [-0.05, 0) is 25.3 Å². The molecule has 0 amide bonds. The lowest BCUT2D eigenvalue weighted by Gasteiger charge is -2.29. The molecule has 22 heavy (non-hydrogen) atoms. The summed E-state index contributed by atoms with van der Waals surface area (Å²) in [6.45, 7) is 3.41. The van der Waals surface area contributed by atoms with Gasteiger partial charge >= 0.3 is 17.5 Å². The monoisotopic (exact) mass is 324 g/mol. The van der Waals surface area contributed by atoms with Gasteiger partial charge in [-0.1, -0.05) is 6.07 Å². The van der Waals surface area contributed by atoms with E-state index in [1.165, 1.54) is 11.3 Å². The van der Waals surface area contributed by atoms with Gasteiger partial charge in [0.25, 0.3) is 0 Å². The SMILES string of the molecule is CCOC(=O)C1(C(=O)OCC)OC=C(C=O)C1c1cccs1. The highest BCUT2D eigenvalue weighted by Gasteiger charge is 2.62. The summed E-state index contributed by atoms with van der Waals surface area (Å²) in [6, 6.07) is 3.50. The maximum absolute atomic E-state index is 12.5. The number of ether oxygens (including phenoxy) is 3. The fraction of sp³-hybridized carbons (Fsp3) is 0.400. The minimum atomic E-state index is -2.01. The molecule has 0 bridgehead atoms. The van der Waals surface area contributed by atoms with Gasteiger partial charge in [0.1, 0.15) is 6.29 Å². The first kappa shape index (κ1) is 16.2. The molecule has 0 radical (unpaired) electrons. The van der Waals surface area contributed by atoms with Crippen molar-refractivity contribution in [2.24, 2.45) is 0 Å². The first-order valence-corrected chi connectivity index (χ1v) is 7.70. The third-order valence-electron chi connectivity index (χ3n) is 3.24. The Morgan fingerprint density at radius 2 is 1.95 bits per heavy atom. The number of esters is 2. The van der Waals surface area contributed by atoms with Crippen LogP contribution in [0.3, 0.4) is 0 Å². The fourth-order valence-corrected chi connectivity index (χ4v) is 3.25. The second kappa shape index (κ2) is 6.74. The maximum atomic E-state index is 12.5. The van der Waals surface area contributed by atoms with Crippen molar-refractivity contribution >= 4 is 29.6 Å². The molecule has 1 aromatic rings. The minimum Gasteiger partial charge on any atom is -0.471 e. The summed E-state index contributed by atoms with van der Waals surface area (Å²) >= 11 is 1.32. The third kappa shape index (κ3) is 2.52. The molecule has 118 valence electrons. The lowest BCUT2D eigenvalue weighted by atomic mass is 9.82. The number of aldehydes is 1. The number of hydrogen-bond donors (Lipinski definition) is 0. The van der Waals surface area contributed by atoms with Crippen molar-refractivity contribution in [2.45, 2.75) is 25.4 Å². The Labute approximate surface area is 131 Å². The second-order valence-electron chi connectivity index (χ2n) is 4.48. The van der Waals surface area contributed by atoms with Gasteiger partial charge in [-0.2, -0.15) is 0 Å². The van der Waals surface area contributed by atoms with E-state index in [9.17, 15) is 14.4 Å². The Morgan fingerprint density at radius 3 is 2.41 bits per heavy atom. The predicted molar refractivity (Wildman–Crippen MR) is 78.3 cm³/mol. The Morgan fingerprint density at radius 1 is 1.32 bits per heavy atom. The van der Waals surface area contributed by atoms with Crippen molar-refractivity contribution < 1.29 is 28.6 Å². The van der Waals surface area contributed by atoms with E-state index in [0.29, 0.717) is 11.2 Å². The molecule has 1 aromatic heterocycles. The Hall–Kier alpha value is -2.15. The maximum Gasteiger partial charge on any atom is 0.363 e. The van der Waals surface area contributed by atoms with Gasteiger partial charge in [0.05, 0.1) is 25.4 Å². The summed E-state index contributed by atoms with van der Waals surface area (Å²) in [5, 5.41) is 1.79. The van der Waals surface area contributed by atoms with Gasteiger partial charge < -0.3 is 14.2 Å². The van der Waals surface area contributed by atoms with E-state index < -0.39 is 23.5 Å². The van der Waals surface area contributed by atoms with Crippen molar-refractivity contribution in [3.8, 4) is 0 Å². The van der Waals surface area contributed by atoms with Gasteiger partial charge in [-0.15, -0.1) is 11.3 Å². The van der Waals surface area contributed by atoms with E-state index >= 15 is 0 Å². The largest absolute Gasteiger partial charge is 0.471 e. The lowest BCUT2D eigenvalue weighted by molar-refractivity contribution is -0.183. The minimum absolute atomic E-state index is 0.0803. The Bertz CT molecular complexity index is 571. The van der Waals surface area contributed by atoms with Gasteiger partial charge in [0, 0.05) is 10.5 Å². The van der Waals surface area contributed by atoms with Crippen molar-refractivity contribution in [1.29, 1.82) is 0 Å². The van der Waals surface area contributed by atoms with E-state index in [2.05, 4.69) is 0 Å². The molecular weight excluding hydrogens is 308 g/mol. The van der Waals surface area contributed by atoms with Crippen LogP contribution in [0.1, 0.15) is 24.6 Å². The summed E-state index contributed by atoms with van der Waals surface area (Å²) in [5.41, 5.74) is -1.81. The molecule has 1 aliphatic heterocycles. The molecular formula is C15H16O6S. The zero-order chi connectivity index (χ0) is 16.2. The topological polar surface area (TPSA) is 78.9 Å². The smallest absolute Gasteiger partial charge is 0.363 e. The number of hydrogen-bond acceptors (Lipinski definition) is 7. The fourth-order valence-electron chi connectivity index (χ4n) is 2.34. The number of carbonyl (C=O) groups excluding carboxylic acids is 3. The van der Waals surface area contributed by atoms with E-state index in [4.69, 9.17) is 14.2 Å². The number of thiophene rings is 1. The standard InChI is InChI=1S/C15H16O6S/c1-3-19-13(17)15(14(18)20-4-2)12(10(8-16)9-21-15)11-6-5-7-22-11/h5-9,12H,3-4H2,1-2H3. The molecule has 0 fully saturated rings. The molecule has 0 saturated heterocycles. The molecule has 2 rings (SSSR count). The van der Waals surface area contributed by atoms with Crippen molar-refractivity contribution in [1.82, 2.24) is 0 Å². The first-order valence-electron chi connectivity index (χ1n) is 6.82. The normalized spacial score (nSPS) is 19.0. The number of rotatable bonds is 6. The molecule has 0 spiro atoms. The van der Waals surface area contributed by atoms with Crippen LogP contribution < -0.4 is 0 Å². The van der Waals surface area contributed by atoms with E-state index in [1.807, 2.05) is 0 Å². The van der Waals surface area contributed by atoms with Crippen LogP contribution in [0.5, 0.6) is 0 Å². The lowest BCUT2D eigenvalue weighted by Crippen LogP contribution is -2.53. The van der Waals surface area contributed by atoms with Crippen molar-refractivity contribution in [3.05, 3.63) is 34.2 Å². The quantitative estimate of drug-likeness (QED) is 0.451. The van der Waals surface area contributed by atoms with Crippen LogP contribution in [0.15, 0.2) is 29.3 Å². The van der Waals surface area contributed by atoms with E-state index in [-0.39, 0.29) is 18.8 Å². The van der Waals surface area contributed by atoms with Crippen molar-refractivity contribution in [3.63, 3.8) is 0 Å². The molecule has 1 aliphatic rings. The van der Waals surface area contributed by atoms with E-state index in [0.717, 1.165) is 6.26 Å². The molecule has 6 nitrogen and oxygen atoms in total. The third-order valence-corrected chi connectivity index (χ3v) is 4.18. The summed E-state index contributed by atoms with van der Waals surface area (Å²) in [7, 11) is 0. The summed E-state index contributed by atoms with van der Waals surface area (Å²) in [5.74, 6) is -2.59. The van der Waals surface area contributed by atoms with Gasteiger partial charge in [-0.25, -0.2) is 9.59 Å². The predicted octanol–water partition coefficient (Wildman–Crippen LogP) is 1.81. The zero-order valence-electron chi connectivity index (χ0n) is 12.2. The number of carbonyl (C=O) groups is 3. The molecule has 0 saturated carbocycles. The van der Waals surface area contributed by atoms with Crippen LogP contribution in [0.4, 0.5) is 0 Å². The average Bonchev–Trinajstić information content (AvgIpc) is 3.14. The first-order chi connectivity index (χ1) is 10.6. The van der Waals surface area contributed by atoms with Crippen LogP contribution >= 0.6 is 11.3 Å². The van der Waals surface area contributed by atoms with Crippen molar-refractivity contribution in [2.75, 3.05) is 13.2 Å². The summed E-state index contributed by atoms with van der Waals surface area (Å²) < 4.78 is 15.4. The highest BCUT2D eigenvalue weighted by Crippen LogP contribution is 2.45. The Balaban J connectivity index is 2.53. The summed E-state index contributed by atoms with van der Waals surface area (Å²) in [4.78, 5) is 36.9. The van der Waals surface area contributed by atoms with Crippen LogP contribution in [0.2, 0.25) is 0 Å². The van der Waals surface area contributed by atoms with Gasteiger partial charge in [0.15, 0.2) is 0 Å². The zero-order valence-corrected chi connectivity index (χ0v) is 13.1. The van der Waals surface area contributed by atoms with E-state index in [1.54, 1.807) is 31.4 Å². The van der Waals surface area contributed by atoms with Crippen LogP contribution in [-0.4, -0.2) is 37.0 Å². The second-order valence-corrected chi connectivity index (χ2v) is 5.46. The van der Waals surface area contributed by atoms with Gasteiger partial charge in [-0.3, -0.25) is 4.79 Å². The highest BCUT2D eigenvalue weighted by molar-refractivity contribution is 7.10. The molecule has 1 unspecified atom stereocenters. The molecule has 0 N–H and O–H groups in total. The molecule has 2 heterocycles. The molecule has 7 heteroatoms. The molecule has 0 aromatic carbocycles. The van der Waals surface area contributed by atoms with Crippen LogP contribution in [-0.2, 0) is 28.6 Å². The summed E-state index contributed by atoms with van der Waals surface area (Å²) in [6.07, 6.45) is 1.70. The Kier molecular flexibility index (Phi) is 4.97. The highest BCUT2D eigenvalue weighted by atomic mass is 32.1. The van der Waals surface area contributed by atoms with Crippen LogP contribution in [0.25, 0.3) is 0 Å². The average molecular weight is 324 g/mol. The van der Waals surface area contributed by atoms with Crippen LogP contribution in [0, 0.1) is 0 Å².